The van der Waals surface area contributed by atoms with E-state index in [4.69, 9.17) is 4.74 Å². The van der Waals surface area contributed by atoms with Crippen LogP contribution in [0.1, 0.15) is 24.2 Å². The largest absolute Gasteiger partial charge is 0.465 e. The third-order valence-corrected chi connectivity index (χ3v) is 3.64. The fourth-order valence-corrected chi connectivity index (χ4v) is 2.45. The highest BCUT2D eigenvalue weighted by atomic mass is 32.2. The zero-order chi connectivity index (χ0) is 16.0. The van der Waals surface area contributed by atoms with E-state index in [1.54, 1.807) is 13.8 Å². The van der Waals surface area contributed by atoms with Crippen LogP contribution in [-0.2, 0) is 14.3 Å². The van der Waals surface area contributed by atoms with Gasteiger partial charge in [-0.15, -0.1) is 11.8 Å². The van der Waals surface area contributed by atoms with Crippen molar-refractivity contribution in [2.45, 2.75) is 24.0 Å². The summed E-state index contributed by atoms with van der Waals surface area (Å²) in [5.41, 5.74) is -0.170. The van der Waals surface area contributed by atoms with E-state index in [0.29, 0.717) is 0 Å². The van der Waals surface area contributed by atoms with Crippen LogP contribution in [0.5, 0.6) is 0 Å². The SMILES string of the molecule is CCOC(=O)C(C)Sc1ccc(C(=O)OC)cc1[N+](=O)[O-]. The van der Waals surface area contributed by atoms with Gasteiger partial charge in [0.05, 0.1) is 29.1 Å². The molecular weight excluding hydrogens is 298 g/mol. The number of nitro benzene ring substituents is 1. The van der Waals surface area contributed by atoms with Gasteiger partial charge in [0.1, 0.15) is 5.25 Å². The van der Waals surface area contributed by atoms with Crippen LogP contribution >= 0.6 is 11.8 Å². The van der Waals surface area contributed by atoms with Gasteiger partial charge in [0, 0.05) is 6.07 Å². The Labute approximate surface area is 125 Å². The van der Waals surface area contributed by atoms with Crippen LogP contribution in [0.4, 0.5) is 5.69 Å². The van der Waals surface area contributed by atoms with E-state index in [1.165, 1.54) is 19.2 Å². The van der Waals surface area contributed by atoms with Crippen LogP contribution in [0.3, 0.4) is 0 Å². The molecule has 0 bridgehead atoms. The van der Waals surface area contributed by atoms with Crippen molar-refractivity contribution in [2.75, 3.05) is 13.7 Å². The van der Waals surface area contributed by atoms with Crippen molar-refractivity contribution in [1.29, 1.82) is 0 Å². The summed E-state index contributed by atoms with van der Waals surface area (Å²) in [5, 5.41) is 10.5. The molecule has 0 amide bonds. The van der Waals surface area contributed by atoms with E-state index in [0.717, 1.165) is 17.8 Å². The average Bonchev–Trinajstić information content (AvgIpc) is 2.46. The highest BCUT2D eigenvalue weighted by Gasteiger charge is 2.23. The Morgan fingerprint density at radius 1 is 1.43 bits per heavy atom. The molecule has 0 spiro atoms. The maximum atomic E-state index is 11.6. The molecule has 0 aliphatic rings. The molecule has 1 aromatic rings. The van der Waals surface area contributed by atoms with Crippen molar-refractivity contribution >= 4 is 29.4 Å². The van der Waals surface area contributed by atoms with Gasteiger partial charge in [-0.05, 0) is 26.0 Å². The molecule has 0 saturated carbocycles. The van der Waals surface area contributed by atoms with Crippen LogP contribution < -0.4 is 0 Å². The molecule has 0 fully saturated rings. The number of hydrogen-bond acceptors (Lipinski definition) is 7. The Morgan fingerprint density at radius 2 is 2.10 bits per heavy atom. The van der Waals surface area contributed by atoms with E-state index in [9.17, 15) is 19.7 Å². The fourth-order valence-electron chi connectivity index (χ4n) is 1.50. The number of carbonyl (C=O) groups is 2. The Hall–Kier alpha value is -2.09. The normalized spacial score (nSPS) is 11.6. The van der Waals surface area contributed by atoms with Crippen molar-refractivity contribution in [3.05, 3.63) is 33.9 Å². The van der Waals surface area contributed by atoms with Gasteiger partial charge in [-0.3, -0.25) is 14.9 Å². The molecule has 114 valence electrons. The monoisotopic (exact) mass is 313 g/mol. The van der Waals surface area contributed by atoms with E-state index in [-0.39, 0.29) is 22.8 Å². The topological polar surface area (TPSA) is 95.7 Å². The molecule has 8 heteroatoms. The Kier molecular flexibility index (Phi) is 6.16. The minimum atomic E-state index is -0.659. The van der Waals surface area contributed by atoms with Crippen LogP contribution in [-0.4, -0.2) is 35.8 Å². The number of nitrogens with zero attached hydrogens (tertiary/aromatic N) is 1. The molecule has 0 aliphatic carbocycles. The number of benzene rings is 1. The number of ether oxygens (including phenoxy) is 2. The summed E-state index contributed by atoms with van der Waals surface area (Å²) in [6, 6.07) is 3.97. The highest BCUT2D eigenvalue weighted by Crippen LogP contribution is 2.33. The van der Waals surface area contributed by atoms with Crippen LogP contribution in [0.15, 0.2) is 23.1 Å². The third kappa shape index (κ3) is 4.45. The van der Waals surface area contributed by atoms with Gasteiger partial charge in [0.25, 0.3) is 5.69 Å². The fraction of sp³-hybridized carbons (Fsp3) is 0.385. The second kappa shape index (κ2) is 7.63. The zero-order valence-corrected chi connectivity index (χ0v) is 12.6. The first-order chi connectivity index (χ1) is 9.90. The van der Waals surface area contributed by atoms with Gasteiger partial charge >= 0.3 is 11.9 Å². The molecule has 1 aromatic carbocycles. The molecule has 1 unspecified atom stereocenters. The van der Waals surface area contributed by atoms with E-state index < -0.39 is 22.1 Å². The lowest BCUT2D eigenvalue weighted by Gasteiger charge is -2.10. The van der Waals surface area contributed by atoms with Crippen molar-refractivity contribution < 1.29 is 24.0 Å². The van der Waals surface area contributed by atoms with Gasteiger partial charge in [-0.2, -0.15) is 0 Å². The first kappa shape index (κ1) is 17.0. The minimum Gasteiger partial charge on any atom is -0.465 e. The number of thioether (sulfide) groups is 1. The molecule has 0 N–H and O–H groups in total. The van der Waals surface area contributed by atoms with Crippen LogP contribution in [0, 0.1) is 10.1 Å². The Balaban J connectivity index is 3.04. The molecule has 0 radical (unpaired) electrons. The molecule has 0 aliphatic heterocycles. The lowest BCUT2D eigenvalue weighted by molar-refractivity contribution is -0.387. The standard InChI is InChI=1S/C13H15NO6S/c1-4-20-12(15)8(2)21-11-6-5-9(13(16)19-3)7-10(11)14(17)18/h5-8H,4H2,1-3H3. The van der Waals surface area contributed by atoms with E-state index in [1.807, 2.05) is 0 Å². The highest BCUT2D eigenvalue weighted by molar-refractivity contribution is 8.00. The minimum absolute atomic E-state index is 0.0809. The number of esters is 2. The average molecular weight is 313 g/mol. The van der Waals surface area contributed by atoms with Gasteiger partial charge in [-0.25, -0.2) is 4.79 Å². The Bertz CT molecular complexity index is 560. The number of nitro groups is 1. The number of rotatable bonds is 6. The molecule has 0 saturated heterocycles. The lowest BCUT2D eigenvalue weighted by Crippen LogP contribution is -2.16. The molecular formula is C13H15NO6S. The number of carbonyl (C=O) groups excluding carboxylic acids is 2. The molecule has 1 atom stereocenters. The first-order valence-corrected chi connectivity index (χ1v) is 6.98. The quantitative estimate of drug-likeness (QED) is 0.344. The summed E-state index contributed by atoms with van der Waals surface area (Å²) >= 11 is 1.01. The third-order valence-electron chi connectivity index (χ3n) is 2.50. The Morgan fingerprint density at radius 3 is 2.62 bits per heavy atom. The van der Waals surface area contributed by atoms with E-state index >= 15 is 0 Å². The molecule has 1 rings (SSSR count). The van der Waals surface area contributed by atoms with Gasteiger partial charge in [0.15, 0.2) is 0 Å². The van der Waals surface area contributed by atoms with Crippen molar-refractivity contribution in [2.24, 2.45) is 0 Å². The summed E-state index contributed by atoms with van der Waals surface area (Å²) in [7, 11) is 1.19. The van der Waals surface area contributed by atoms with E-state index in [2.05, 4.69) is 4.74 Å². The number of hydrogen-bond donors (Lipinski definition) is 0. The smallest absolute Gasteiger partial charge is 0.338 e. The van der Waals surface area contributed by atoms with Gasteiger partial charge < -0.3 is 9.47 Å². The second-order valence-corrected chi connectivity index (χ2v) is 5.33. The maximum Gasteiger partial charge on any atom is 0.338 e. The van der Waals surface area contributed by atoms with Gasteiger partial charge in [0.2, 0.25) is 0 Å². The molecule has 0 heterocycles. The first-order valence-electron chi connectivity index (χ1n) is 6.10. The second-order valence-electron chi connectivity index (χ2n) is 3.94. The summed E-state index contributed by atoms with van der Waals surface area (Å²) in [5.74, 6) is -1.11. The summed E-state index contributed by atoms with van der Waals surface area (Å²) in [4.78, 5) is 33.7. The number of methoxy groups -OCH3 is 1. The van der Waals surface area contributed by atoms with Crippen molar-refractivity contribution in [3.8, 4) is 0 Å². The predicted molar refractivity (Wildman–Crippen MR) is 76.4 cm³/mol. The summed E-state index contributed by atoms with van der Waals surface area (Å²) in [6.07, 6.45) is 0. The predicted octanol–water partition coefficient (Wildman–Crippen LogP) is 2.43. The zero-order valence-electron chi connectivity index (χ0n) is 11.8. The van der Waals surface area contributed by atoms with Gasteiger partial charge in [-0.1, -0.05) is 0 Å². The summed E-state index contributed by atoms with van der Waals surface area (Å²) in [6.45, 7) is 3.52. The molecule has 7 nitrogen and oxygen atoms in total. The van der Waals surface area contributed by atoms with Crippen LogP contribution in [0.2, 0.25) is 0 Å². The maximum absolute atomic E-state index is 11.6. The molecule has 0 aromatic heterocycles. The lowest BCUT2D eigenvalue weighted by atomic mass is 10.2. The van der Waals surface area contributed by atoms with Crippen molar-refractivity contribution in [1.82, 2.24) is 0 Å². The van der Waals surface area contributed by atoms with Crippen LogP contribution in [0.25, 0.3) is 0 Å². The summed E-state index contributed by atoms with van der Waals surface area (Å²) < 4.78 is 9.37. The molecule has 21 heavy (non-hydrogen) atoms. The van der Waals surface area contributed by atoms with Crippen molar-refractivity contribution in [3.63, 3.8) is 0 Å².